The average molecular weight is 578 g/mol. The molecule has 2 aromatic carbocycles. The molecule has 3 aromatic rings. The molecule has 0 bridgehead atoms. The molecule has 38 heavy (non-hydrogen) atoms. The summed E-state index contributed by atoms with van der Waals surface area (Å²) < 4.78 is 5.36. The van der Waals surface area contributed by atoms with Crippen molar-refractivity contribution in [3.8, 4) is 5.75 Å². The highest BCUT2D eigenvalue weighted by Crippen LogP contribution is 2.43. The Kier molecular flexibility index (Phi) is 10.2. The number of nitrogens with zero attached hydrogens (tertiary/aromatic N) is 2. The Morgan fingerprint density at radius 3 is 2.71 bits per heavy atom. The van der Waals surface area contributed by atoms with E-state index in [9.17, 15) is 15.0 Å². The van der Waals surface area contributed by atoms with Crippen LogP contribution in [0.1, 0.15) is 50.2 Å². The molecule has 1 aliphatic rings. The van der Waals surface area contributed by atoms with Gasteiger partial charge in [-0.2, -0.15) is 0 Å². The molecule has 204 valence electrons. The van der Waals surface area contributed by atoms with Gasteiger partial charge in [0.15, 0.2) is 0 Å². The van der Waals surface area contributed by atoms with Crippen molar-refractivity contribution in [3.05, 3.63) is 64.3 Å². The van der Waals surface area contributed by atoms with Crippen molar-refractivity contribution in [1.29, 1.82) is 0 Å². The number of benzene rings is 2. The van der Waals surface area contributed by atoms with E-state index >= 15 is 0 Å². The van der Waals surface area contributed by atoms with Gasteiger partial charge in [-0.1, -0.05) is 29.3 Å². The van der Waals surface area contributed by atoms with Crippen molar-refractivity contribution in [1.82, 2.24) is 9.88 Å². The molecule has 1 saturated heterocycles. The first-order valence-electron chi connectivity index (χ1n) is 12.9. The lowest BCUT2D eigenvalue weighted by Crippen LogP contribution is -2.41. The zero-order chi connectivity index (χ0) is 27.1. The van der Waals surface area contributed by atoms with Crippen molar-refractivity contribution in [2.45, 2.75) is 49.5 Å². The minimum absolute atomic E-state index is 0.108. The van der Waals surface area contributed by atoms with Crippen molar-refractivity contribution in [3.63, 3.8) is 0 Å². The number of hydrogen-bond donors (Lipinski definition) is 2. The Bertz CT molecular complexity index is 1250. The maximum atomic E-state index is 11.8. The number of aliphatic carboxylic acids is 1. The number of hydrogen-bond acceptors (Lipinski definition) is 6. The molecule has 1 fully saturated rings. The summed E-state index contributed by atoms with van der Waals surface area (Å²) in [6.07, 6.45) is 4.54. The molecular formula is C29H34Cl2N2O4S. The summed E-state index contributed by atoms with van der Waals surface area (Å²) >= 11 is 14.4. The molecule has 0 saturated carbocycles. The van der Waals surface area contributed by atoms with Crippen molar-refractivity contribution >= 4 is 51.8 Å². The van der Waals surface area contributed by atoms with Crippen LogP contribution in [0.3, 0.4) is 0 Å². The molecule has 6 nitrogen and oxygen atoms in total. The van der Waals surface area contributed by atoms with Crippen LogP contribution in [0.4, 0.5) is 0 Å². The van der Waals surface area contributed by atoms with E-state index in [0.29, 0.717) is 29.2 Å². The quantitative estimate of drug-likeness (QED) is 0.175. The van der Waals surface area contributed by atoms with E-state index in [2.05, 4.69) is 16.0 Å². The summed E-state index contributed by atoms with van der Waals surface area (Å²) in [6.45, 7) is 2.71. The lowest BCUT2D eigenvalue weighted by Gasteiger charge is -2.41. The lowest BCUT2D eigenvalue weighted by atomic mass is 9.71. The second-order valence-corrected chi connectivity index (χ2v) is 12.0. The van der Waals surface area contributed by atoms with E-state index in [1.165, 1.54) is 4.90 Å². The molecular weight excluding hydrogens is 543 g/mol. The van der Waals surface area contributed by atoms with Crippen LogP contribution in [0.2, 0.25) is 10.0 Å². The van der Waals surface area contributed by atoms with Gasteiger partial charge < -0.3 is 19.8 Å². The third-order valence-electron chi connectivity index (χ3n) is 7.48. The third kappa shape index (κ3) is 7.54. The zero-order valence-corrected chi connectivity index (χ0v) is 23.9. The first-order chi connectivity index (χ1) is 18.3. The molecule has 1 atom stereocenters. The van der Waals surface area contributed by atoms with Crippen LogP contribution in [0.15, 0.2) is 53.6 Å². The highest BCUT2D eigenvalue weighted by atomic mass is 35.5. The molecule has 0 spiro atoms. The van der Waals surface area contributed by atoms with Crippen molar-refractivity contribution in [2.24, 2.45) is 5.41 Å². The number of thioether (sulfide) groups is 1. The smallest absolute Gasteiger partial charge is 0.303 e. The Hall–Kier alpha value is -2.03. The average Bonchev–Trinajstić information content (AvgIpc) is 2.90. The van der Waals surface area contributed by atoms with Gasteiger partial charge in [-0.3, -0.25) is 9.78 Å². The fraction of sp³-hybridized carbons (Fsp3) is 0.448. The van der Waals surface area contributed by atoms with Crippen LogP contribution in [0.5, 0.6) is 5.75 Å². The van der Waals surface area contributed by atoms with Crippen LogP contribution in [-0.4, -0.2) is 58.6 Å². The number of aromatic nitrogens is 1. The third-order valence-corrected chi connectivity index (χ3v) is 9.09. The molecule has 0 amide bonds. The number of aliphatic hydroxyl groups excluding tert-OH is 1. The number of aliphatic hydroxyl groups is 1. The van der Waals surface area contributed by atoms with Gasteiger partial charge in [0.05, 0.1) is 30.2 Å². The summed E-state index contributed by atoms with van der Waals surface area (Å²) in [5.41, 5.74) is 1.01. The molecule has 0 aliphatic carbocycles. The second-order valence-electron chi connectivity index (χ2n) is 10.0. The standard InChI is InChI=1S/C29H34Cl2N2O4S/c1-37-21-6-7-25-23(17-21)28(24(31)19-32-25)26(34)8-9-29(18-27(35)36)10-13-33(14-11-29)12-3-15-38-22-5-2-4-20(30)16-22/h2,4-7,16-17,19,26,34H,3,8-15,18H2,1H3,(H,35,36)/t26-/m1/s1. The number of carbonyl (C=O) groups is 1. The summed E-state index contributed by atoms with van der Waals surface area (Å²) in [5.74, 6) is 0.882. The number of ether oxygens (including phenoxy) is 1. The number of piperidine rings is 1. The van der Waals surface area contributed by atoms with E-state index in [1.807, 2.05) is 36.4 Å². The van der Waals surface area contributed by atoms with E-state index < -0.39 is 12.1 Å². The van der Waals surface area contributed by atoms with Gasteiger partial charge in [0.1, 0.15) is 5.75 Å². The van der Waals surface area contributed by atoms with Gasteiger partial charge >= 0.3 is 5.97 Å². The fourth-order valence-electron chi connectivity index (χ4n) is 5.34. The Balaban J connectivity index is 1.35. The van der Waals surface area contributed by atoms with E-state index in [-0.39, 0.29) is 11.8 Å². The summed E-state index contributed by atoms with van der Waals surface area (Å²) in [6, 6.07) is 13.4. The largest absolute Gasteiger partial charge is 0.497 e. The van der Waals surface area contributed by atoms with E-state index in [4.69, 9.17) is 27.9 Å². The molecule has 0 radical (unpaired) electrons. The summed E-state index contributed by atoms with van der Waals surface area (Å²) in [4.78, 5) is 19.8. The topological polar surface area (TPSA) is 82.9 Å². The molecule has 1 aliphatic heterocycles. The minimum Gasteiger partial charge on any atom is -0.497 e. The Labute approximate surface area is 238 Å². The number of carboxylic acid groups (broad SMARTS) is 1. The van der Waals surface area contributed by atoms with Gasteiger partial charge in [-0.05, 0) is 99.3 Å². The van der Waals surface area contributed by atoms with Crippen LogP contribution in [-0.2, 0) is 4.79 Å². The predicted molar refractivity (Wildman–Crippen MR) is 155 cm³/mol. The summed E-state index contributed by atoms with van der Waals surface area (Å²) in [7, 11) is 1.59. The number of methoxy groups -OCH3 is 1. The van der Waals surface area contributed by atoms with Crippen molar-refractivity contribution in [2.75, 3.05) is 32.5 Å². The first kappa shape index (κ1) is 29.0. The van der Waals surface area contributed by atoms with Gasteiger partial charge in [-0.25, -0.2) is 0 Å². The van der Waals surface area contributed by atoms with Crippen molar-refractivity contribution < 1.29 is 19.7 Å². The molecule has 4 rings (SSSR count). The lowest BCUT2D eigenvalue weighted by molar-refractivity contribution is -0.141. The Morgan fingerprint density at radius 2 is 2.00 bits per heavy atom. The Morgan fingerprint density at radius 1 is 1.21 bits per heavy atom. The number of rotatable bonds is 12. The number of likely N-dealkylation sites (tertiary alicyclic amines) is 1. The van der Waals surface area contributed by atoms with Crippen LogP contribution >= 0.6 is 35.0 Å². The maximum absolute atomic E-state index is 11.8. The number of pyridine rings is 1. The van der Waals surface area contributed by atoms with E-state index in [0.717, 1.165) is 60.6 Å². The molecule has 2 N–H and O–H groups in total. The number of fused-ring (bicyclic) bond motifs is 1. The molecule has 9 heteroatoms. The molecule has 1 aromatic heterocycles. The highest BCUT2D eigenvalue weighted by Gasteiger charge is 2.37. The summed E-state index contributed by atoms with van der Waals surface area (Å²) in [5, 5.41) is 22.8. The predicted octanol–water partition coefficient (Wildman–Crippen LogP) is 7.10. The first-order valence-corrected chi connectivity index (χ1v) is 14.7. The van der Waals surface area contributed by atoms with Gasteiger partial charge in [-0.15, -0.1) is 11.8 Å². The fourth-order valence-corrected chi connectivity index (χ4v) is 6.77. The monoisotopic (exact) mass is 576 g/mol. The molecule has 0 unspecified atom stereocenters. The second kappa shape index (κ2) is 13.4. The van der Waals surface area contributed by atoms with Crippen LogP contribution in [0, 0.1) is 5.41 Å². The van der Waals surface area contributed by atoms with Gasteiger partial charge in [0, 0.05) is 27.1 Å². The highest BCUT2D eigenvalue weighted by molar-refractivity contribution is 7.99. The maximum Gasteiger partial charge on any atom is 0.303 e. The normalized spacial score (nSPS) is 16.4. The van der Waals surface area contributed by atoms with Crippen LogP contribution in [0.25, 0.3) is 10.9 Å². The van der Waals surface area contributed by atoms with Gasteiger partial charge in [0.25, 0.3) is 0 Å². The van der Waals surface area contributed by atoms with Crippen LogP contribution < -0.4 is 4.74 Å². The number of halogens is 2. The zero-order valence-electron chi connectivity index (χ0n) is 21.5. The van der Waals surface area contributed by atoms with Gasteiger partial charge in [0.2, 0.25) is 0 Å². The number of carboxylic acids is 1. The van der Waals surface area contributed by atoms with E-state index in [1.54, 1.807) is 25.1 Å². The SMILES string of the molecule is COc1ccc2ncc(Cl)c([C@H](O)CCC3(CC(=O)O)CCN(CCCSc4cccc(Cl)c4)CC3)c2c1. The molecule has 2 heterocycles. The minimum atomic E-state index is -0.827.